The molecule has 2 nitrogen and oxygen atoms in total. The molecule has 1 aliphatic heterocycles. The molecular weight excluding hydrogens is 412 g/mol. The number of allylic oxidation sites excluding steroid dienone is 4. The summed E-state index contributed by atoms with van der Waals surface area (Å²) in [7, 11) is 0. The van der Waals surface area contributed by atoms with Crippen molar-refractivity contribution >= 4 is 10.8 Å². The van der Waals surface area contributed by atoms with Gasteiger partial charge in [-0.2, -0.15) is 0 Å². The van der Waals surface area contributed by atoms with Crippen LogP contribution in [0.5, 0.6) is 0 Å². The van der Waals surface area contributed by atoms with Gasteiger partial charge in [-0.15, -0.1) is 0 Å². The van der Waals surface area contributed by atoms with E-state index in [1.165, 1.54) is 88.1 Å². The molecule has 1 saturated heterocycles. The Morgan fingerprint density at radius 2 is 1.97 bits per heavy atom. The highest BCUT2D eigenvalue weighted by Gasteiger charge is 2.65. The number of nitrogens with zero attached hydrogens (tertiary/aromatic N) is 2. The molecule has 2 bridgehead atoms. The van der Waals surface area contributed by atoms with E-state index in [-0.39, 0.29) is 0 Å². The van der Waals surface area contributed by atoms with Gasteiger partial charge in [0.1, 0.15) is 0 Å². The molecule has 2 aromatic rings. The van der Waals surface area contributed by atoms with Crippen molar-refractivity contribution in [2.75, 3.05) is 13.1 Å². The number of hydrogen-bond acceptors (Lipinski definition) is 2. The van der Waals surface area contributed by atoms with Gasteiger partial charge >= 0.3 is 0 Å². The quantitative estimate of drug-likeness (QED) is 0.473. The second kappa shape index (κ2) is 6.84. The molecular formula is C32H38N2. The summed E-state index contributed by atoms with van der Waals surface area (Å²) in [4.78, 5) is 7.22. The van der Waals surface area contributed by atoms with Crippen LogP contribution in [0.2, 0.25) is 0 Å². The zero-order valence-electron chi connectivity index (χ0n) is 20.7. The molecule has 34 heavy (non-hydrogen) atoms. The second-order valence-electron chi connectivity index (χ2n) is 13.1. The maximum atomic E-state index is 4.41. The lowest BCUT2D eigenvalue weighted by atomic mass is 9.50. The molecule has 0 N–H and O–H groups in total. The van der Waals surface area contributed by atoms with E-state index >= 15 is 0 Å². The minimum absolute atomic E-state index is 0.391. The molecule has 1 aromatic carbocycles. The van der Waals surface area contributed by atoms with Crippen LogP contribution < -0.4 is 0 Å². The lowest BCUT2D eigenvalue weighted by Gasteiger charge is -2.55. The van der Waals surface area contributed by atoms with Crippen LogP contribution in [0.4, 0.5) is 0 Å². The number of pyridine rings is 1. The van der Waals surface area contributed by atoms with Gasteiger partial charge in [-0.1, -0.05) is 36.8 Å². The van der Waals surface area contributed by atoms with E-state index in [1.807, 2.05) is 11.8 Å². The summed E-state index contributed by atoms with van der Waals surface area (Å²) in [5.41, 5.74) is 6.56. The highest BCUT2D eigenvalue weighted by atomic mass is 15.2. The number of likely N-dealkylation sites (tertiary alicyclic amines) is 1. The Bertz CT molecular complexity index is 1240. The minimum atomic E-state index is 0.391. The number of fused-ring (bicyclic) bond motifs is 2. The lowest BCUT2D eigenvalue weighted by Crippen LogP contribution is -2.51. The Labute approximate surface area is 204 Å². The van der Waals surface area contributed by atoms with Crippen molar-refractivity contribution < 1.29 is 0 Å². The number of aromatic nitrogens is 1. The molecule has 0 amide bonds. The zero-order chi connectivity index (χ0) is 22.5. The molecule has 8 rings (SSSR count). The van der Waals surface area contributed by atoms with E-state index in [2.05, 4.69) is 59.4 Å². The van der Waals surface area contributed by atoms with Crippen molar-refractivity contribution in [3.05, 3.63) is 65.5 Å². The van der Waals surface area contributed by atoms with Gasteiger partial charge in [-0.25, -0.2) is 0 Å². The molecule has 3 saturated carbocycles. The van der Waals surface area contributed by atoms with E-state index in [0.717, 1.165) is 12.0 Å². The summed E-state index contributed by atoms with van der Waals surface area (Å²) >= 11 is 0. The smallest absolute Gasteiger partial charge is 0.0346 e. The SMILES string of the molecule is C[C@@]12CC=C3C=C4CCC(N5CCC5)C[C@]45CC[C@]3(C5)[C@@H]1CCC2c1ccc2ccncc2c1. The van der Waals surface area contributed by atoms with E-state index in [4.69, 9.17) is 0 Å². The monoisotopic (exact) mass is 450 g/mol. The molecule has 6 atom stereocenters. The Balaban J connectivity index is 1.16. The summed E-state index contributed by atoms with van der Waals surface area (Å²) in [6, 6.07) is 10.2. The topological polar surface area (TPSA) is 16.1 Å². The van der Waals surface area contributed by atoms with Gasteiger partial charge < -0.3 is 4.90 Å². The van der Waals surface area contributed by atoms with Gasteiger partial charge in [0.15, 0.2) is 0 Å². The molecule has 2 spiro atoms. The fourth-order valence-electron chi connectivity index (χ4n) is 10.2. The predicted octanol–water partition coefficient (Wildman–Crippen LogP) is 7.42. The molecule has 5 aliphatic carbocycles. The van der Waals surface area contributed by atoms with Crippen LogP contribution in [0.25, 0.3) is 10.8 Å². The third kappa shape index (κ3) is 2.54. The zero-order valence-corrected chi connectivity index (χ0v) is 20.7. The molecule has 6 aliphatic rings. The first kappa shape index (κ1) is 20.3. The van der Waals surface area contributed by atoms with Gasteiger partial charge in [-0.05, 0) is 134 Å². The van der Waals surface area contributed by atoms with Crippen LogP contribution >= 0.6 is 0 Å². The van der Waals surface area contributed by atoms with Crippen molar-refractivity contribution in [1.29, 1.82) is 0 Å². The summed E-state index contributed by atoms with van der Waals surface area (Å²) in [6.45, 7) is 5.39. The maximum Gasteiger partial charge on any atom is 0.0346 e. The van der Waals surface area contributed by atoms with Gasteiger partial charge in [0.2, 0.25) is 0 Å². The fourth-order valence-corrected chi connectivity index (χ4v) is 10.2. The Kier molecular flexibility index (Phi) is 4.08. The van der Waals surface area contributed by atoms with Gasteiger partial charge in [0.25, 0.3) is 0 Å². The molecule has 2 heteroatoms. The van der Waals surface area contributed by atoms with Crippen LogP contribution in [-0.2, 0) is 0 Å². The Morgan fingerprint density at radius 3 is 2.85 bits per heavy atom. The molecule has 4 fully saturated rings. The first-order valence-electron chi connectivity index (χ1n) is 14.1. The summed E-state index contributed by atoms with van der Waals surface area (Å²) in [6.07, 6.45) is 23.5. The molecule has 0 radical (unpaired) electrons. The molecule has 2 heterocycles. The summed E-state index contributed by atoms with van der Waals surface area (Å²) in [5.74, 6) is 1.52. The maximum absolute atomic E-state index is 4.41. The van der Waals surface area contributed by atoms with Crippen molar-refractivity contribution in [1.82, 2.24) is 9.88 Å². The summed E-state index contributed by atoms with van der Waals surface area (Å²) < 4.78 is 0. The van der Waals surface area contributed by atoms with E-state index in [9.17, 15) is 0 Å². The van der Waals surface area contributed by atoms with Gasteiger partial charge in [-0.3, -0.25) is 4.98 Å². The van der Waals surface area contributed by atoms with Crippen LogP contribution in [0.3, 0.4) is 0 Å². The minimum Gasteiger partial charge on any atom is -0.300 e. The molecule has 176 valence electrons. The number of benzene rings is 1. The molecule has 1 aromatic heterocycles. The van der Waals surface area contributed by atoms with Gasteiger partial charge in [0, 0.05) is 23.8 Å². The van der Waals surface area contributed by atoms with Crippen molar-refractivity contribution in [3.63, 3.8) is 0 Å². The average Bonchev–Trinajstić information content (AvgIpc) is 3.33. The van der Waals surface area contributed by atoms with Crippen LogP contribution in [0, 0.1) is 22.2 Å². The lowest BCUT2D eigenvalue weighted by molar-refractivity contribution is 0.0334. The third-order valence-electron chi connectivity index (χ3n) is 11.9. The Morgan fingerprint density at radius 1 is 1.03 bits per heavy atom. The molecule has 2 unspecified atom stereocenters. The largest absolute Gasteiger partial charge is 0.300 e. The normalized spacial score (nSPS) is 42.9. The van der Waals surface area contributed by atoms with Crippen molar-refractivity contribution in [2.24, 2.45) is 22.2 Å². The predicted molar refractivity (Wildman–Crippen MR) is 139 cm³/mol. The van der Waals surface area contributed by atoms with E-state index < -0.39 is 0 Å². The number of rotatable bonds is 2. The van der Waals surface area contributed by atoms with Gasteiger partial charge in [0.05, 0.1) is 0 Å². The highest BCUT2D eigenvalue weighted by molar-refractivity contribution is 5.82. The van der Waals surface area contributed by atoms with Crippen LogP contribution in [0.15, 0.2) is 60.0 Å². The Hall–Kier alpha value is -1.93. The van der Waals surface area contributed by atoms with E-state index in [1.54, 1.807) is 11.1 Å². The van der Waals surface area contributed by atoms with E-state index in [0.29, 0.717) is 22.2 Å². The van der Waals surface area contributed by atoms with Crippen LogP contribution in [-0.4, -0.2) is 29.0 Å². The summed E-state index contributed by atoms with van der Waals surface area (Å²) in [5, 5.41) is 2.63. The fraction of sp³-hybridized carbons (Fsp3) is 0.594. The standard InChI is InChI=1S/C32H38N2/c1-30-11-9-26-18-25-5-6-27(34-15-2-16-34)19-31(25)12-13-32(26,21-31)29(30)8-7-28(30)23-4-3-22-10-14-33-20-24(22)17-23/h3-4,9-10,14,17-18,20,27-29H,2,5-8,11-13,15-16,19,21H2,1H3/t27?,28?,29-,30+,31+,32-/m1/s1. The average molecular weight is 451 g/mol. The second-order valence-corrected chi connectivity index (χ2v) is 13.1. The van der Waals surface area contributed by atoms with Crippen molar-refractivity contribution in [2.45, 2.75) is 83.1 Å². The first-order chi connectivity index (χ1) is 16.6. The number of hydrogen-bond donors (Lipinski definition) is 0. The van der Waals surface area contributed by atoms with Crippen LogP contribution in [0.1, 0.15) is 82.6 Å². The third-order valence-corrected chi connectivity index (χ3v) is 11.9. The first-order valence-corrected chi connectivity index (χ1v) is 14.1. The highest BCUT2D eigenvalue weighted by Crippen LogP contribution is 2.75. The van der Waals surface area contributed by atoms with Crippen molar-refractivity contribution in [3.8, 4) is 0 Å².